The van der Waals surface area contributed by atoms with Crippen molar-refractivity contribution in [3.05, 3.63) is 106 Å². The summed E-state index contributed by atoms with van der Waals surface area (Å²) in [6, 6.07) is 17.5. The van der Waals surface area contributed by atoms with Crippen molar-refractivity contribution in [2.45, 2.75) is 52.0 Å². The van der Waals surface area contributed by atoms with Gasteiger partial charge >= 0.3 is 194 Å². The van der Waals surface area contributed by atoms with Crippen LogP contribution in [0.4, 0.5) is 0 Å². The predicted octanol–water partition coefficient (Wildman–Crippen LogP) is 2.39. The van der Waals surface area contributed by atoms with E-state index in [1.54, 1.807) is 30.3 Å². The van der Waals surface area contributed by atoms with E-state index in [0.717, 1.165) is 33.5 Å². The van der Waals surface area contributed by atoms with Crippen LogP contribution >= 0.6 is 0 Å². The van der Waals surface area contributed by atoms with Crippen LogP contribution in [-0.4, -0.2) is 46.2 Å². The Hall–Kier alpha value is -4.02. The zero-order valence-electron chi connectivity index (χ0n) is 25.3. The molecule has 0 saturated carbocycles. The van der Waals surface area contributed by atoms with Gasteiger partial charge in [0, 0.05) is 11.8 Å². The molecule has 11 heteroatoms. The molecule has 3 aromatic carbocycles. The normalized spacial score (nSPS) is 15.3. The van der Waals surface area contributed by atoms with Gasteiger partial charge in [0.25, 0.3) is 0 Å². The Kier molecular flexibility index (Phi) is 10.9. The van der Waals surface area contributed by atoms with Gasteiger partial charge in [0.2, 0.25) is 5.91 Å². The molecule has 0 aromatic heterocycles. The van der Waals surface area contributed by atoms with Crippen LogP contribution in [0.15, 0.2) is 66.9 Å². The van der Waals surface area contributed by atoms with Crippen molar-refractivity contribution in [2.75, 3.05) is 7.11 Å². The third-order valence-corrected chi connectivity index (χ3v) is 8.94. The molecular formula is C33H36HgN5O5. The predicted molar refractivity (Wildman–Crippen MR) is 163 cm³/mol. The summed E-state index contributed by atoms with van der Waals surface area (Å²) >= 11 is -0.344. The zero-order valence-corrected chi connectivity index (χ0v) is 30.8. The number of hydrogen-bond acceptors (Lipinski definition) is 8. The molecule has 0 spiro atoms. The van der Waals surface area contributed by atoms with Crippen molar-refractivity contribution in [3.63, 3.8) is 0 Å². The fourth-order valence-corrected chi connectivity index (χ4v) is 5.98. The van der Waals surface area contributed by atoms with Crippen LogP contribution in [0.5, 0.6) is 5.75 Å². The Labute approximate surface area is 273 Å². The van der Waals surface area contributed by atoms with Gasteiger partial charge in [0.05, 0.1) is 5.70 Å². The van der Waals surface area contributed by atoms with Crippen LogP contribution < -0.4 is 31.7 Å². The number of Topliss-reactive ketones (excluding diaryl/α,β-unsaturated/α-hetero) is 1. The van der Waals surface area contributed by atoms with Gasteiger partial charge in [-0.1, -0.05) is 30.3 Å². The number of amides is 2. The summed E-state index contributed by atoms with van der Waals surface area (Å²) in [4.78, 5) is 50.1. The van der Waals surface area contributed by atoms with Crippen molar-refractivity contribution in [1.82, 2.24) is 21.3 Å². The van der Waals surface area contributed by atoms with E-state index in [2.05, 4.69) is 21.3 Å². The number of ketones is 1. The number of carbonyl (C=O) groups is 4. The van der Waals surface area contributed by atoms with Crippen molar-refractivity contribution in [1.29, 1.82) is 0 Å². The standard InChI is InChI=1S/C33H36N5O5.Hg/c1-19-12-24(31(34)41)13-20(2)25(19)15-27(35-16-22-10-11-30(43-4)26(14-22)29(40)18-39)33(42)37-21(3)32-36-17-28(38-32)23-8-6-5-7-9-23;/h5-14,17,21,27,32,35-36,38H,15-16H2,1-4H3,(H2,34,41)(H,37,42);. The minimum absolute atomic E-state index is 0.214. The number of hydrogen-bond donors (Lipinski definition) is 5. The summed E-state index contributed by atoms with van der Waals surface area (Å²) in [5, 5.41) is 13.2. The van der Waals surface area contributed by atoms with Crippen LogP contribution in [0, 0.1) is 13.8 Å². The first-order valence-corrected chi connectivity index (χ1v) is 17.0. The van der Waals surface area contributed by atoms with E-state index in [0.29, 0.717) is 17.7 Å². The molecule has 0 fully saturated rings. The summed E-state index contributed by atoms with van der Waals surface area (Å²) in [7, 11) is 1.45. The van der Waals surface area contributed by atoms with Crippen LogP contribution in [0.1, 0.15) is 55.5 Å². The topological polar surface area (TPSA) is 152 Å². The van der Waals surface area contributed by atoms with Gasteiger partial charge in [-0.2, -0.15) is 0 Å². The first kappa shape index (κ1) is 32.9. The second kappa shape index (κ2) is 14.6. The Bertz CT molecular complexity index is 1580. The average Bonchev–Trinajstić information content (AvgIpc) is 3.51. The molecule has 3 aromatic rings. The maximum atomic E-state index is 13.8. The molecular weight excluding hydrogens is 747 g/mol. The number of nitrogens with one attached hydrogen (secondary N) is 4. The van der Waals surface area contributed by atoms with Gasteiger partial charge in [0.1, 0.15) is 0 Å². The van der Waals surface area contributed by atoms with Crippen LogP contribution in [0.25, 0.3) is 5.70 Å². The third-order valence-electron chi connectivity index (χ3n) is 7.69. The molecule has 4 rings (SSSR count). The van der Waals surface area contributed by atoms with Crippen LogP contribution in [0.2, 0.25) is 0 Å². The van der Waals surface area contributed by atoms with E-state index in [9.17, 15) is 19.2 Å². The molecule has 0 saturated heterocycles. The number of aryl methyl sites for hydroxylation is 2. The molecule has 3 atom stereocenters. The third kappa shape index (κ3) is 7.92. The number of methoxy groups -OCH3 is 1. The number of ether oxygens (including phenoxy) is 1. The van der Waals surface area contributed by atoms with Crippen molar-refractivity contribution >= 4 is 26.6 Å². The molecule has 3 unspecified atom stereocenters. The van der Waals surface area contributed by atoms with Gasteiger partial charge < -0.3 is 16.4 Å². The van der Waals surface area contributed by atoms with Crippen molar-refractivity contribution in [3.8, 4) is 5.75 Å². The number of carbonyl (C=O) groups excluding carboxylic acids is 4. The summed E-state index contributed by atoms with van der Waals surface area (Å²) in [5.41, 5.74) is 11.5. The molecule has 2 amide bonds. The Morgan fingerprint density at radius 2 is 1.70 bits per heavy atom. The zero-order chi connectivity index (χ0) is 32.0. The fourth-order valence-electron chi connectivity index (χ4n) is 5.24. The second-order valence-corrected chi connectivity index (χ2v) is 13.4. The molecule has 0 radical (unpaired) electrons. The van der Waals surface area contributed by atoms with Crippen molar-refractivity contribution < 1.29 is 50.0 Å². The molecule has 0 bridgehead atoms. The van der Waals surface area contributed by atoms with Gasteiger partial charge in [-0.3, -0.25) is 4.79 Å². The van der Waals surface area contributed by atoms with E-state index in [1.807, 2.05) is 57.3 Å². The van der Waals surface area contributed by atoms with Crippen LogP contribution in [0.3, 0.4) is 0 Å². The molecule has 6 N–H and O–H groups in total. The molecule has 10 nitrogen and oxygen atoms in total. The maximum absolute atomic E-state index is 13.8. The quantitative estimate of drug-likeness (QED) is 0.101. The molecule has 0 aliphatic carbocycles. The Morgan fingerprint density at radius 3 is 2.32 bits per heavy atom. The number of benzene rings is 3. The van der Waals surface area contributed by atoms with E-state index < -0.39 is 21.0 Å². The van der Waals surface area contributed by atoms with Gasteiger partial charge in [-0.25, -0.2) is 0 Å². The molecule has 225 valence electrons. The summed E-state index contributed by atoms with van der Waals surface area (Å²) < 4.78 is 4.91. The Morgan fingerprint density at radius 1 is 1.02 bits per heavy atom. The summed E-state index contributed by atoms with van der Waals surface area (Å²) in [6.07, 6.45) is 2.02. The first-order valence-electron chi connectivity index (χ1n) is 14.3. The van der Waals surface area contributed by atoms with Crippen molar-refractivity contribution in [2.24, 2.45) is 5.73 Å². The van der Waals surface area contributed by atoms with E-state index in [1.165, 1.54) is 7.11 Å². The second-order valence-electron chi connectivity index (χ2n) is 10.9. The first-order chi connectivity index (χ1) is 21.0. The number of nitrogens with two attached hydrogens (primary N) is 1. The van der Waals surface area contributed by atoms with Gasteiger partial charge in [0.15, 0.2) is 0 Å². The molecule has 1 aliphatic heterocycles. The van der Waals surface area contributed by atoms with E-state index >= 15 is 0 Å². The van der Waals surface area contributed by atoms with E-state index in [4.69, 9.17) is 10.5 Å². The fraction of sp³-hybridized carbons (Fsp3) is 0.273. The number of primary amides is 1. The van der Waals surface area contributed by atoms with Gasteiger partial charge in [-0.05, 0) is 5.56 Å². The molecule has 1 heterocycles. The monoisotopic (exact) mass is 784 g/mol. The average molecular weight is 783 g/mol. The van der Waals surface area contributed by atoms with E-state index in [-0.39, 0.29) is 56.3 Å². The minimum atomic E-state index is -0.665. The summed E-state index contributed by atoms with van der Waals surface area (Å²) in [6.45, 7) is 5.97. The molecule has 44 heavy (non-hydrogen) atoms. The van der Waals surface area contributed by atoms with Crippen LogP contribution in [-0.2, 0) is 48.7 Å². The Balaban J connectivity index is 1.54. The summed E-state index contributed by atoms with van der Waals surface area (Å²) in [5.74, 6) is -0.949. The SMILES string of the molecule is COc1ccc(CNC(Cc2c(C)cc(C(N)=O)cc2C)C(=O)NC(C)C2NC=C(c3ccccc3)N2)cc1C(=O)[C](=O)[Hg]. The number of rotatable bonds is 13. The molecule has 1 aliphatic rings. The van der Waals surface area contributed by atoms with Gasteiger partial charge in [-0.15, -0.1) is 0 Å².